The molecule has 6 rings (SSSR count). The van der Waals surface area contributed by atoms with Gasteiger partial charge in [-0.15, -0.1) is 0 Å². The Kier molecular flexibility index (Phi) is 6.22. The maximum Gasteiger partial charge on any atom is 0.137 e. The van der Waals surface area contributed by atoms with Crippen LogP contribution in [0.15, 0.2) is 162 Å². The molecule has 0 saturated heterocycles. The lowest BCUT2D eigenvalue weighted by molar-refractivity contribution is 0.116. The molecule has 5 aromatic rings. The third-order valence-corrected chi connectivity index (χ3v) is 7.03. The predicted octanol–water partition coefficient (Wildman–Crippen LogP) is 7.63. The first-order valence-corrected chi connectivity index (χ1v) is 12.6. The van der Waals surface area contributed by atoms with Gasteiger partial charge in [0.25, 0.3) is 0 Å². The van der Waals surface area contributed by atoms with Gasteiger partial charge in [0.05, 0.1) is 0 Å². The van der Waals surface area contributed by atoms with Crippen molar-refractivity contribution in [1.29, 1.82) is 0 Å². The summed E-state index contributed by atoms with van der Waals surface area (Å²) in [5.74, 6) is 0. The number of nitrogens with zero attached hydrogens (tertiary/aromatic N) is 4. The Bertz CT molecular complexity index is 1300. The molecule has 1 aliphatic rings. The molecule has 0 aromatic heterocycles. The molecule has 0 atom stereocenters. The Balaban J connectivity index is 1.50. The Morgan fingerprint density at radius 1 is 0.459 bits per heavy atom. The predicted molar refractivity (Wildman–Crippen MR) is 147 cm³/mol. The van der Waals surface area contributed by atoms with Gasteiger partial charge in [0.2, 0.25) is 0 Å². The lowest BCUT2D eigenvalue weighted by Crippen LogP contribution is -2.46. The molecule has 37 heavy (non-hydrogen) atoms. The van der Waals surface area contributed by atoms with E-state index in [1.807, 2.05) is 0 Å². The van der Waals surface area contributed by atoms with Crippen molar-refractivity contribution in [3.63, 3.8) is 0 Å². The van der Waals surface area contributed by atoms with E-state index in [0.29, 0.717) is 6.67 Å². The smallest absolute Gasteiger partial charge is 0.137 e. The minimum absolute atomic E-state index is 0.0591. The lowest BCUT2D eigenvalue weighted by atomic mass is 9.76. The molecule has 0 unspecified atom stereocenters. The van der Waals surface area contributed by atoms with E-state index in [4.69, 9.17) is 10.4 Å². The van der Waals surface area contributed by atoms with Crippen LogP contribution in [0.5, 0.6) is 0 Å². The zero-order chi connectivity index (χ0) is 24.9. The molecular weight excluding hydrogens is 452 g/mol. The fraction of sp³-hybridized carbons (Fsp3) is 0.0909. The third kappa shape index (κ3) is 4.17. The summed E-state index contributed by atoms with van der Waals surface area (Å²) in [7, 11) is 0. The molecule has 180 valence electrons. The average molecular weight is 481 g/mol. The van der Waals surface area contributed by atoms with Crippen LogP contribution in [0, 0.1) is 0 Å². The Morgan fingerprint density at radius 2 is 0.811 bits per heavy atom. The highest BCUT2D eigenvalue weighted by Crippen LogP contribution is 2.45. The van der Waals surface area contributed by atoms with Crippen molar-refractivity contribution in [2.75, 3.05) is 6.67 Å². The van der Waals surface area contributed by atoms with Crippen molar-refractivity contribution in [1.82, 2.24) is 10.0 Å². The molecule has 0 radical (unpaired) electrons. The molecule has 0 saturated carbocycles. The molecule has 0 N–H and O–H groups in total. The van der Waals surface area contributed by atoms with Gasteiger partial charge >= 0.3 is 0 Å². The number of rotatable bonds is 7. The Morgan fingerprint density at radius 3 is 1.19 bits per heavy atom. The Hall–Kier alpha value is -4.70. The second-order valence-corrected chi connectivity index (χ2v) is 9.19. The van der Waals surface area contributed by atoms with E-state index in [1.165, 1.54) is 11.1 Å². The minimum atomic E-state index is -0.653. The van der Waals surface area contributed by atoms with Crippen molar-refractivity contribution in [3.8, 4) is 0 Å². The summed E-state index contributed by atoms with van der Waals surface area (Å²) < 4.78 is 0. The normalized spacial score (nSPS) is 13.3. The van der Waals surface area contributed by atoms with Crippen LogP contribution in [-0.4, -0.2) is 16.7 Å². The summed E-state index contributed by atoms with van der Waals surface area (Å²) in [5.41, 5.74) is 5.14. The summed E-state index contributed by atoms with van der Waals surface area (Å²) in [5, 5.41) is 13.9. The highest BCUT2D eigenvalue weighted by molar-refractivity contribution is 5.49. The molecule has 0 amide bonds. The van der Waals surface area contributed by atoms with Gasteiger partial charge in [0, 0.05) is 0 Å². The highest BCUT2D eigenvalue weighted by Gasteiger charge is 2.45. The molecule has 5 aromatic carbocycles. The average Bonchev–Trinajstić information content (AvgIpc) is 3.46. The van der Waals surface area contributed by atoms with Crippen LogP contribution in [0.1, 0.15) is 33.9 Å². The highest BCUT2D eigenvalue weighted by atomic mass is 15.8. The van der Waals surface area contributed by atoms with Gasteiger partial charge in [-0.3, -0.25) is 0 Å². The maximum atomic E-state index is 4.87. The van der Waals surface area contributed by atoms with Crippen molar-refractivity contribution in [2.45, 2.75) is 11.6 Å². The summed E-state index contributed by atoms with van der Waals surface area (Å²) in [6, 6.07) is 52.9. The summed E-state index contributed by atoms with van der Waals surface area (Å²) >= 11 is 0. The quantitative estimate of drug-likeness (QED) is 0.224. The molecule has 0 spiro atoms. The molecule has 0 fully saturated rings. The summed E-state index contributed by atoms with van der Waals surface area (Å²) in [6.45, 7) is 0.521. The zero-order valence-electron chi connectivity index (χ0n) is 20.5. The fourth-order valence-electron chi connectivity index (χ4n) is 5.39. The van der Waals surface area contributed by atoms with Crippen molar-refractivity contribution in [3.05, 3.63) is 179 Å². The standard InChI is InChI=1S/C33H28N4/c1-6-16-27(17-7-1)32(28-18-8-2-9-19-28)36-26-37(35-34-36)33(29-20-10-3-11-21-29,30-22-12-4-13-23-30)31-24-14-5-15-25-31/h1-25,32H,26H2. The van der Waals surface area contributed by atoms with Gasteiger partial charge in [-0.25, -0.2) is 10.0 Å². The van der Waals surface area contributed by atoms with E-state index >= 15 is 0 Å². The van der Waals surface area contributed by atoms with Gasteiger partial charge < -0.3 is 0 Å². The van der Waals surface area contributed by atoms with Crippen LogP contribution in [0.4, 0.5) is 0 Å². The van der Waals surface area contributed by atoms with Gasteiger partial charge in [-0.05, 0) is 33.0 Å². The topological polar surface area (TPSA) is 31.2 Å². The maximum absolute atomic E-state index is 4.87. The first-order chi connectivity index (χ1) is 18.4. The molecular formula is C33H28N4. The van der Waals surface area contributed by atoms with E-state index in [9.17, 15) is 0 Å². The van der Waals surface area contributed by atoms with Crippen molar-refractivity contribution < 1.29 is 0 Å². The third-order valence-electron chi connectivity index (χ3n) is 7.03. The molecule has 1 aliphatic heterocycles. The van der Waals surface area contributed by atoms with Gasteiger partial charge in [-0.2, -0.15) is 0 Å². The van der Waals surface area contributed by atoms with Gasteiger partial charge in [-0.1, -0.05) is 157 Å². The van der Waals surface area contributed by atoms with E-state index in [2.05, 4.69) is 162 Å². The SMILES string of the molecule is c1ccc(C(c2ccccc2)N2CN(C(c3ccccc3)(c3ccccc3)c3ccccc3)N=N2)cc1. The van der Waals surface area contributed by atoms with E-state index < -0.39 is 5.54 Å². The molecule has 0 aliphatic carbocycles. The number of hydrogen-bond donors (Lipinski definition) is 0. The fourth-order valence-corrected chi connectivity index (χ4v) is 5.39. The first-order valence-electron chi connectivity index (χ1n) is 12.6. The van der Waals surface area contributed by atoms with E-state index in [0.717, 1.165) is 16.7 Å². The Labute approximate surface area is 218 Å². The van der Waals surface area contributed by atoms with Crippen LogP contribution >= 0.6 is 0 Å². The van der Waals surface area contributed by atoms with Crippen LogP contribution in [0.2, 0.25) is 0 Å². The minimum Gasteiger partial charge on any atom is -0.244 e. The molecule has 0 bridgehead atoms. The summed E-state index contributed by atoms with van der Waals surface area (Å²) in [6.07, 6.45) is 0. The van der Waals surface area contributed by atoms with Crippen LogP contribution < -0.4 is 0 Å². The number of benzene rings is 5. The van der Waals surface area contributed by atoms with Gasteiger partial charge in [0.15, 0.2) is 0 Å². The molecule has 1 heterocycles. The van der Waals surface area contributed by atoms with E-state index in [-0.39, 0.29) is 6.04 Å². The van der Waals surface area contributed by atoms with Crippen LogP contribution in [0.3, 0.4) is 0 Å². The zero-order valence-corrected chi connectivity index (χ0v) is 20.5. The van der Waals surface area contributed by atoms with Crippen molar-refractivity contribution >= 4 is 0 Å². The van der Waals surface area contributed by atoms with E-state index in [1.54, 1.807) is 0 Å². The molecule has 4 nitrogen and oxygen atoms in total. The second-order valence-electron chi connectivity index (χ2n) is 9.19. The first kappa shape index (κ1) is 22.7. The monoisotopic (exact) mass is 480 g/mol. The van der Waals surface area contributed by atoms with Crippen molar-refractivity contribution in [2.24, 2.45) is 10.4 Å². The lowest BCUT2D eigenvalue weighted by Gasteiger charge is -2.42. The number of hydrogen-bond acceptors (Lipinski definition) is 4. The largest absolute Gasteiger partial charge is 0.244 e. The second kappa shape index (κ2) is 10.1. The molecule has 4 heteroatoms. The summed E-state index contributed by atoms with van der Waals surface area (Å²) in [4.78, 5) is 0. The van der Waals surface area contributed by atoms with Crippen LogP contribution in [-0.2, 0) is 5.54 Å². The van der Waals surface area contributed by atoms with Crippen LogP contribution in [0.25, 0.3) is 0 Å². The van der Waals surface area contributed by atoms with Gasteiger partial charge in [0.1, 0.15) is 18.2 Å².